The monoisotopic (exact) mass is 197 g/mol. The topological polar surface area (TPSA) is 36.1 Å². The molecule has 1 atom stereocenters. The standard InChI is InChI=1S/C7H14F3N3/c8-7(9,10)6-5-12-2-1-11-3-4-13-6/h6,11-13H,1-5H2. The first-order valence-corrected chi connectivity index (χ1v) is 4.32. The first-order valence-electron chi connectivity index (χ1n) is 4.32. The van der Waals surface area contributed by atoms with E-state index in [1.54, 1.807) is 0 Å². The van der Waals surface area contributed by atoms with Crippen molar-refractivity contribution in [1.82, 2.24) is 16.0 Å². The third-order valence-electron chi connectivity index (χ3n) is 1.91. The first kappa shape index (κ1) is 10.7. The van der Waals surface area contributed by atoms with E-state index in [0.29, 0.717) is 26.2 Å². The van der Waals surface area contributed by atoms with Gasteiger partial charge in [0.1, 0.15) is 6.04 Å². The molecular weight excluding hydrogens is 183 g/mol. The number of halogens is 3. The van der Waals surface area contributed by atoms with Crippen LogP contribution in [-0.2, 0) is 0 Å². The lowest BCUT2D eigenvalue weighted by atomic mass is 10.3. The molecule has 1 aliphatic rings. The molecule has 1 rings (SSSR count). The van der Waals surface area contributed by atoms with Gasteiger partial charge in [0.25, 0.3) is 0 Å². The zero-order valence-corrected chi connectivity index (χ0v) is 7.25. The fourth-order valence-corrected chi connectivity index (χ4v) is 1.19. The molecule has 0 aliphatic carbocycles. The van der Waals surface area contributed by atoms with Gasteiger partial charge < -0.3 is 16.0 Å². The molecule has 0 amide bonds. The Hall–Kier alpha value is -0.330. The molecule has 3 nitrogen and oxygen atoms in total. The van der Waals surface area contributed by atoms with Crippen molar-refractivity contribution in [2.24, 2.45) is 0 Å². The smallest absolute Gasteiger partial charge is 0.314 e. The van der Waals surface area contributed by atoms with E-state index < -0.39 is 12.2 Å². The molecule has 3 N–H and O–H groups in total. The van der Waals surface area contributed by atoms with E-state index in [4.69, 9.17) is 0 Å². The first-order chi connectivity index (χ1) is 6.11. The van der Waals surface area contributed by atoms with Crippen LogP contribution in [0.25, 0.3) is 0 Å². The molecule has 13 heavy (non-hydrogen) atoms. The molecule has 1 aliphatic heterocycles. The molecule has 6 heteroatoms. The van der Waals surface area contributed by atoms with Crippen LogP contribution < -0.4 is 16.0 Å². The molecule has 0 aromatic rings. The lowest BCUT2D eigenvalue weighted by Crippen LogP contribution is -2.49. The van der Waals surface area contributed by atoms with Crippen molar-refractivity contribution in [3.05, 3.63) is 0 Å². The predicted octanol–water partition coefficient (Wildman–Crippen LogP) is -0.300. The van der Waals surface area contributed by atoms with E-state index in [1.165, 1.54) is 0 Å². The highest BCUT2D eigenvalue weighted by Crippen LogP contribution is 2.19. The van der Waals surface area contributed by atoms with Crippen molar-refractivity contribution in [1.29, 1.82) is 0 Å². The molecule has 1 heterocycles. The largest absolute Gasteiger partial charge is 0.405 e. The van der Waals surface area contributed by atoms with Gasteiger partial charge in [0.2, 0.25) is 0 Å². The summed E-state index contributed by atoms with van der Waals surface area (Å²) in [4.78, 5) is 0. The molecule has 0 bridgehead atoms. The van der Waals surface area contributed by atoms with Gasteiger partial charge in [-0.3, -0.25) is 0 Å². The summed E-state index contributed by atoms with van der Waals surface area (Å²) in [6.45, 7) is 2.17. The van der Waals surface area contributed by atoms with Crippen molar-refractivity contribution in [3.63, 3.8) is 0 Å². The normalized spacial score (nSPS) is 27.5. The number of nitrogens with one attached hydrogen (secondary N) is 3. The highest BCUT2D eigenvalue weighted by Gasteiger charge is 2.38. The molecule has 0 spiro atoms. The average Bonchev–Trinajstić information content (AvgIpc) is 2.14. The second-order valence-corrected chi connectivity index (χ2v) is 3.00. The second kappa shape index (κ2) is 4.78. The molecule has 0 radical (unpaired) electrons. The average molecular weight is 197 g/mol. The Bertz CT molecular complexity index is 138. The molecule has 78 valence electrons. The predicted molar refractivity (Wildman–Crippen MR) is 43.6 cm³/mol. The van der Waals surface area contributed by atoms with Crippen molar-refractivity contribution >= 4 is 0 Å². The lowest BCUT2D eigenvalue weighted by molar-refractivity contribution is -0.154. The van der Waals surface area contributed by atoms with Crippen molar-refractivity contribution in [2.45, 2.75) is 12.2 Å². The maximum atomic E-state index is 12.3. The molecule has 1 fully saturated rings. The summed E-state index contributed by atoms with van der Waals surface area (Å²) in [5.41, 5.74) is 0. The number of hydrogen-bond acceptors (Lipinski definition) is 3. The van der Waals surface area contributed by atoms with E-state index in [1.807, 2.05) is 0 Å². The van der Waals surface area contributed by atoms with Crippen LogP contribution in [0.4, 0.5) is 13.2 Å². The molecule has 1 unspecified atom stereocenters. The quantitative estimate of drug-likeness (QED) is 0.499. The van der Waals surface area contributed by atoms with E-state index in [0.717, 1.165) is 0 Å². The van der Waals surface area contributed by atoms with Gasteiger partial charge in [0, 0.05) is 32.7 Å². The minimum Gasteiger partial charge on any atom is -0.314 e. The van der Waals surface area contributed by atoms with E-state index >= 15 is 0 Å². The second-order valence-electron chi connectivity index (χ2n) is 3.00. The molecule has 0 aromatic carbocycles. The van der Waals surface area contributed by atoms with Gasteiger partial charge in [-0.15, -0.1) is 0 Å². The maximum Gasteiger partial charge on any atom is 0.405 e. The van der Waals surface area contributed by atoms with Gasteiger partial charge >= 0.3 is 6.18 Å². The zero-order chi connectivity index (χ0) is 9.73. The van der Waals surface area contributed by atoms with Crippen LogP contribution >= 0.6 is 0 Å². The fourth-order valence-electron chi connectivity index (χ4n) is 1.19. The number of rotatable bonds is 0. The summed E-state index contributed by atoms with van der Waals surface area (Å²) < 4.78 is 36.8. The van der Waals surface area contributed by atoms with Gasteiger partial charge in [0.15, 0.2) is 0 Å². The fraction of sp³-hybridized carbons (Fsp3) is 1.00. The third-order valence-corrected chi connectivity index (χ3v) is 1.91. The highest BCUT2D eigenvalue weighted by molar-refractivity contribution is 4.79. The Morgan fingerprint density at radius 2 is 1.54 bits per heavy atom. The summed E-state index contributed by atoms with van der Waals surface area (Å²) in [7, 11) is 0. The van der Waals surface area contributed by atoms with E-state index in [2.05, 4.69) is 16.0 Å². The minimum absolute atomic E-state index is 0.0504. The van der Waals surface area contributed by atoms with Gasteiger partial charge in [-0.25, -0.2) is 0 Å². The van der Waals surface area contributed by atoms with Crippen LogP contribution in [0.5, 0.6) is 0 Å². The Morgan fingerprint density at radius 3 is 2.23 bits per heavy atom. The summed E-state index contributed by atoms with van der Waals surface area (Å²) in [6, 6.07) is -1.42. The van der Waals surface area contributed by atoms with Gasteiger partial charge in [0.05, 0.1) is 0 Å². The van der Waals surface area contributed by atoms with Crippen LogP contribution in [0.3, 0.4) is 0 Å². The highest BCUT2D eigenvalue weighted by atomic mass is 19.4. The van der Waals surface area contributed by atoms with E-state index in [-0.39, 0.29) is 6.54 Å². The molecule has 0 aromatic heterocycles. The van der Waals surface area contributed by atoms with Crippen LogP contribution in [0, 0.1) is 0 Å². The molecule has 0 saturated carbocycles. The Morgan fingerprint density at radius 1 is 0.923 bits per heavy atom. The maximum absolute atomic E-state index is 12.3. The Labute approximate surface area is 75.1 Å². The SMILES string of the molecule is FC(F)(F)C1CNCCNCCN1. The summed E-state index contributed by atoms with van der Waals surface area (Å²) >= 11 is 0. The van der Waals surface area contributed by atoms with Crippen LogP contribution in [0.2, 0.25) is 0 Å². The molecule has 1 saturated heterocycles. The number of alkyl halides is 3. The van der Waals surface area contributed by atoms with Crippen LogP contribution in [0.15, 0.2) is 0 Å². The summed E-state index contributed by atoms with van der Waals surface area (Å²) in [5.74, 6) is 0. The van der Waals surface area contributed by atoms with Gasteiger partial charge in [-0.05, 0) is 0 Å². The van der Waals surface area contributed by atoms with E-state index in [9.17, 15) is 13.2 Å². The Kier molecular flexibility index (Phi) is 3.95. The van der Waals surface area contributed by atoms with Crippen molar-refractivity contribution < 1.29 is 13.2 Å². The van der Waals surface area contributed by atoms with Crippen molar-refractivity contribution in [2.75, 3.05) is 32.7 Å². The Balaban J connectivity index is 2.41. The summed E-state index contributed by atoms with van der Waals surface area (Å²) in [5, 5.41) is 8.20. The number of hydrogen-bond donors (Lipinski definition) is 3. The summed E-state index contributed by atoms with van der Waals surface area (Å²) in [6.07, 6.45) is -4.16. The van der Waals surface area contributed by atoms with Crippen molar-refractivity contribution in [3.8, 4) is 0 Å². The molecular formula is C7H14F3N3. The van der Waals surface area contributed by atoms with Crippen LogP contribution in [0.1, 0.15) is 0 Å². The minimum atomic E-state index is -4.16. The van der Waals surface area contributed by atoms with Gasteiger partial charge in [-0.2, -0.15) is 13.2 Å². The van der Waals surface area contributed by atoms with Gasteiger partial charge in [-0.1, -0.05) is 0 Å². The lowest BCUT2D eigenvalue weighted by Gasteiger charge is -2.20. The third kappa shape index (κ3) is 3.93. The van der Waals surface area contributed by atoms with Crippen LogP contribution in [-0.4, -0.2) is 44.9 Å². The zero-order valence-electron chi connectivity index (χ0n) is 7.25.